The number of imidazole rings is 1. The summed E-state index contributed by atoms with van der Waals surface area (Å²) >= 11 is 0. The summed E-state index contributed by atoms with van der Waals surface area (Å²) in [6, 6.07) is 4.52. The number of amides is 1. The number of fused-ring (bicyclic) bond motifs is 4. The number of carbonyl (C=O) groups is 1. The van der Waals surface area contributed by atoms with Gasteiger partial charge in [-0.3, -0.25) is 9.69 Å². The number of rotatable bonds is 2. The lowest BCUT2D eigenvalue weighted by atomic mass is 9.83. The third kappa shape index (κ3) is 2.73. The van der Waals surface area contributed by atoms with Crippen molar-refractivity contribution in [2.75, 3.05) is 45.8 Å². The first-order valence-electron chi connectivity index (χ1n) is 9.46. The number of nitrogens with zero attached hydrogens (tertiary/aromatic N) is 5. The molecule has 6 nitrogen and oxygen atoms in total. The monoisotopic (exact) mass is 339 g/mol. The zero-order chi connectivity index (χ0) is 16.8. The van der Waals surface area contributed by atoms with Gasteiger partial charge < -0.3 is 14.2 Å². The van der Waals surface area contributed by atoms with Crippen LogP contribution in [-0.4, -0.2) is 81.8 Å². The maximum atomic E-state index is 12.8. The van der Waals surface area contributed by atoms with Crippen molar-refractivity contribution in [3.63, 3.8) is 0 Å². The van der Waals surface area contributed by atoms with Crippen molar-refractivity contribution < 1.29 is 4.79 Å². The molecular formula is C19H25N5O. The topological polar surface area (TPSA) is 44.1 Å². The molecule has 1 atom stereocenters. The van der Waals surface area contributed by atoms with E-state index in [4.69, 9.17) is 0 Å². The van der Waals surface area contributed by atoms with Gasteiger partial charge in [0.25, 0.3) is 5.91 Å². The van der Waals surface area contributed by atoms with Gasteiger partial charge in [0, 0.05) is 57.4 Å². The molecule has 2 bridgehead atoms. The van der Waals surface area contributed by atoms with Crippen LogP contribution in [0.4, 0.5) is 0 Å². The third-order valence-corrected chi connectivity index (χ3v) is 6.33. The molecular weight excluding hydrogens is 314 g/mol. The van der Waals surface area contributed by atoms with Crippen LogP contribution >= 0.6 is 0 Å². The number of hydrogen-bond acceptors (Lipinski definition) is 4. The van der Waals surface area contributed by atoms with E-state index in [9.17, 15) is 4.79 Å². The molecule has 4 saturated heterocycles. The van der Waals surface area contributed by atoms with Gasteiger partial charge in [0.05, 0.1) is 5.56 Å². The molecule has 0 N–H and O–H groups in total. The van der Waals surface area contributed by atoms with Gasteiger partial charge in [0.15, 0.2) is 0 Å². The van der Waals surface area contributed by atoms with Crippen LogP contribution < -0.4 is 0 Å². The zero-order valence-corrected chi connectivity index (χ0v) is 14.5. The van der Waals surface area contributed by atoms with Gasteiger partial charge in [0.1, 0.15) is 5.65 Å². The van der Waals surface area contributed by atoms with Crippen molar-refractivity contribution >= 4 is 11.6 Å². The number of carbonyl (C=O) groups excluding carboxylic acids is 1. The van der Waals surface area contributed by atoms with Crippen molar-refractivity contribution in [1.29, 1.82) is 0 Å². The number of piperidine rings is 3. The number of aromatic nitrogens is 2. The fourth-order valence-electron chi connectivity index (χ4n) is 4.83. The highest BCUT2D eigenvalue weighted by Crippen LogP contribution is 2.31. The molecule has 4 aliphatic heterocycles. The van der Waals surface area contributed by atoms with Crippen LogP contribution in [0.1, 0.15) is 23.2 Å². The summed E-state index contributed by atoms with van der Waals surface area (Å²) in [6.45, 7) is 7.50. The fraction of sp³-hybridized carbons (Fsp3) is 0.579. The van der Waals surface area contributed by atoms with Gasteiger partial charge in [-0.25, -0.2) is 4.98 Å². The Bertz CT molecular complexity index is 771. The molecule has 0 spiro atoms. The van der Waals surface area contributed by atoms with Crippen LogP contribution in [-0.2, 0) is 0 Å². The van der Waals surface area contributed by atoms with E-state index in [0.29, 0.717) is 6.04 Å². The van der Waals surface area contributed by atoms with Gasteiger partial charge in [-0.05, 0) is 44.0 Å². The highest BCUT2D eigenvalue weighted by molar-refractivity contribution is 5.94. The van der Waals surface area contributed by atoms with Crippen molar-refractivity contribution in [2.24, 2.45) is 5.92 Å². The van der Waals surface area contributed by atoms with Gasteiger partial charge in [-0.1, -0.05) is 0 Å². The van der Waals surface area contributed by atoms with Crippen LogP contribution in [0.25, 0.3) is 5.65 Å². The van der Waals surface area contributed by atoms with E-state index < -0.39 is 0 Å². The summed E-state index contributed by atoms with van der Waals surface area (Å²) in [5.74, 6) is 1.01. The first-order chi connectivity index (χ1) is 12.3. The molecule has 1 amide bonds. The van der Waals surface area contributed by atoms with Crippen molar-refractivity contribution in [3.8, 4) is 0 Å². The van der Waals surface area contributed by atoms with Crippen molar-refractivity contribution in [3.05, 3.63) is 36.3 Å². The first kappa shape index (κ1) is 15.3. The average Bonchev–Trinajstić information content (AvgIpc) is 3.16. The second-order valence-electron chi connectivity index (χ2n) is 7.64. The molecule has 0 radical (unpaired) electrons. The Kier molecular flexibility index (Phi) is 3.75. The summed E-state index contributed by atoms with van der Waals surface area (Å²) in [4.78, 5) is 24.3. The summed E-state index contributed by atoms with van der Waals surface area (Å²) in [5.41, 5.74) is 1.63. The van der Waals surface area contributed by atoms with Gasteiger partial charge in [0.2, 0.25) is 0 Å². The predicted molar refractivity (Wildman–Crippen MR) is 95.6 cm³/mol. The minimum absolute atomic E-state index is 0.143. The summed E-state index contributed by atoms with van der Waals surface area (Å²) in [6.07, 6.45) is 8.25. The molecule has 0 saturated carbocycles. The Morgan fingerprint density at radius 2 is 1.84 bits per heavy atom. The second-order valence-corrected chi connectivity index (χ2v) is 7.64. The summed E-state index contributed by atoms with van der Waals surface area (Å²) < 4.78 is 1.91. The van der Waals surface area contributed by atoms with Crippen LogP contribution in [0.2, 0.25) is 0 Å². The summed E-state index contributed by atoms with van der Waals surface area (Å²) in [5, 5.41) is 0. The van der Waals surface area contributed by atoms with E-state index in [1.807, 2.05) is 33.8 Å². The summed E-state index contributed by atoms with van der Waals surface area (Å²) in [7, 11) is 0. The maximum absolute atomic E-state index is 12.8. The standard InChI is InChI=1S/C19H25N5O/c25-19(16-1-2-18-20-5-8-24(18)13-16)23-11-9-22(10-12-23)17-14-21-6-3-15(17)4-7-21/h1-2,5,8,13,15,17H,3-4,6-7,9-12,14H2/t17-/m0/s1. The van der Waals surface area contributed by atoms with Gasteiger partial charge in [-0.2, -0.15) is 0 Å². The Morgan fingerprint density at radius 1 is 1.04 bits per heavy atom. The van der Waals surface area contributed by atoms with Crippen LogP contribution in [0.15, 0.2) is 30.7 Å². The minimum Gasteiger partial charge on any atom is -0.336 e. The van der Waals surface area contributed by atoms with Crippen molar-refractivity contribution in [1.82, 2.24) is 24.1 Å². The Balaban J connectivity index is 1.24. The molecule has 0 aromatic carbocycles. The van der Waals surface area contributed by atoms with Crippen LogP contribution in [0.5, 0.6) is 0 Å². The van der Waals surface area contributed by atoms with E-state index in [2.05, 4.69) is 14.8 Å². The molecule has 4 fully saturated rings. The minimum atomic E-state index is 0.143. The molecule has 25 heavy (non-hydrogen) atoms. The Hall–Kier alpha value is -1.92. The van der Waals surface area contributed by atoms with Gasteiger partial charge >= 0.3 is 0 Å². The molecule has 0 unspecified atom stereocenters. The van der Waals surface area contributed by atoms with Crippen molar-refractivity contribution in [2.45, 2.75) is 18.9 Å². The van der Waals surface area contributed by atoms with E-state index in [1.54, 1.807) is 6.20 Å². The number of hydrogen-bond donors (Lipinski definition) is 0. The molecule has 2 aromatic heterocycles. The second kappa shape index (κ2) is 6.11. The van der Waals surface area contributed by atoms with E-state index in [0.717, 1.165) is 43.3 Å². The van der Waals surface area contributed by atoms with Gasteiger partial charge in [-0.15, -0.1) is 0 Å². The smallest absolute Gasteiger partial charge is 0.255 e. The molecule has 2 aromatic rings. The molecule has 6 heteroatoms. The molecule has 4 aliphatic rings. The Morgan fingerprint density at radius 3 is 2.56 bits per heavy atom. The largest absolute Gasteiger partial charge is 0.336 e. The molecule has 6 rings (SSSR count). The number of piperazine rings is 1. The average molecular weight is 339 g/mol. The molecule has 6 heterocycles. The van der Waals surface area contributed by atoms with Crippen LogP contribution in [0, 0.1) is 5.92 Å². The third-order valence-electron chi connectivity index (χ3n) is 6.33. The zero-order valence-electron chi connectivity index (χ0n) is 14.5. The predicted octanol–water partition coefficient (Wildman–Crippen LogP) is 1.19. The number of pyridine rings is 1. The van der Waals surface area contributed by atoms with E-state index in [-0.39, 0.29) is 5.91 Å². The van der Waals surface area contributed by atoms with E-state index in [1.165, 1.54) is 32.5 Å². The lowest BCUT2D eigenvalue weighted by Gasteiger charge is -2.51. The van der Waals surface area contributed by atoms with Crippen LogP contribution in [0.3, 0.4) is 0 Å². The normalized spacial score (nSPS) is 30.1. The fourth-order valence-corrected chi connectivity index (χ4v) is 4.83. The highest BCUT2D eigenvalue weighted by atomic mass is 16.2. The SMILES string of the molecule is O=C(c1ccc2nccn2c1)N1CCN([C@H]2CN3CCC2CC3)CC1. The quantitative estimate of drug-likeness (QED) is 0.824. The van der Waals surface area contributed by atoms with E-state index >= 15 is 0 Å². The lowest BCUT2D eigenvalue weighted by Crippen LogP contribution is -2.61. The molecule has 132 valence electrons. The lowest BCUT2D eigenvalue weighted by molar-refractivity contribution is -0.0131. The highest BCUT2D eigenvalue weighted by Gasteiger charge is 2.38. The first-order valence-corrected chi connectivity index (χ1v) is 9.46. The molecule has 0 aliphatic carbocycles. The Labute approximate surface area is 148 Å². The maximum Gasteiger partial charge on any atom is 0.255 e.